The molecule has 34 heavy (non-hydrogen) atoms. The van der Waals surface area contributed by atoms with Crippen LogP contribution in [0, 0.1) is 21.8 Å². The van der Waals surface area contributed by atoms with Gasteiger partial charge in [-0.2, -0.15) is 0 Å². The topological polar surface area (TPSA) is 93.0 Å². The van der Waals surface area contributed by atoms with Crippen LogP contribution in [0.5, 0.6) is 0 Å². The Morgan fingerprint density at radius 3 is 2.32 bits per heavy atom. The first-order chi connectivity index (χ1) is 16.4. The Hall–Kier alpha value is -4.11. The maximum absolute atomic E-state index is 13.5. The molecule has 2 saturated heterocycles. The standard InChI is InChI=1S/C25H20FN3O5/c1-2-15-6-8-16(9-7-15)22-21-23(34-28(22)19-4-3-5-20(14-19)29(32)33)25(31)27(24(21)30)18-12-10-17(26)11-13-18/h3-14,21-23H,2H2,1H3/t21-,22+,23-/m0/s1. The number of nitro groups is 1. The minimum absolute atomic E-state index is 0.135. The molecule has 2 heterocycles. The molecule has 0 unspecified atom stereocenters. The minimum atomic E-state index is -1.12. The van der Waals surface area contributed by atoms with E-state index < -0.39 is 40.6 Å². The van der Waals surface area contributed by atoms with Gasteiger partial charge in [-0.1, -0.05) is 37.3 Å². The summed E-state index contributed by atoms with van der Waals surface area (Å²) in [6.07, 6.45) is -0.287. The van der Waals surface area contributed by atoms with Crippen molar-refractivity contribution in [1.82, 2.24) is 0 Å². The number of hydroxylamine groups is 1. The predicted octanol–water partition coefficient (Wildman–Crippen LogP) is 4.35. The summed E-state index contributed by atoms with van der Waals surface area (Å²) in [7, 11) is 0. The zero-order valence-electron chi connectivity index (χ0n) is 18.1. The molecule has 2 amide bonds. The maximum Gasteiger partial charge on any atom is 0.271 e. The van der Waals surface area contributed by atoms with E-state index in [0.29, 0.717) is 5.69 Å². The molecule has 0 spiro atoms. The quantitative estimate of drug-likeness (QED) is 0.319. The van der Waals surface area contributed by atoms with Gasteiger partial charge in [0.2, 0.25) is 5.91 Å². The number of carbonyl (C=O) groups excluding carboxylic acids is 2. The summed E-state index contributed by atoms with van der Waals surface area (Å²) in [6, 6.07) is 17.9. The monoisotopic (exact) mass is 461 g/mol. The molecule has 2 fully saturated rings. The van der Waals surface area contributed by atoms with E-state index in [1.807, 2.05) is 31.2 Å². The summed E-state index contributed by atoms with van der Waals surface area (Å²) >= 11 is 0. The van der Waals surface area contributed by atoms with Gasteiger partial charge in [0, 0.05) is 12.1 Å². The number of nitrogens with zero attached hydrogens (tertiary/aromatic N) is 3. The van der Waals surface area contributed by atoms with Crippen molar-refractivity contribution in [3.05, 3.63) is 99.9 Å². The van der Waals surface area contributed by atoms with Gasteiger partial charge >= 0.3 is 0 Å². The van der Waals surface area contributed by atoms with Crippen molar-refractivity contribution in [2.45, 2.75) is 25.5 Å². The first kappa shape index (κ1) is 21.7. The SMILES string of the molecule is CCc1ccc([C@@H]2[C@@H]3C(=O)N(c4ccc(F)cc4)C(=O)[C@H]3ON2c2cccc([N+](=O)[O-])c2)cc1. The van der Waals surface area contributed by atoms with Gasteiger partial charge < -0.3 is 0 Å². The number of fused-ring (bicyclic) bond motifs is 1. The molecule has 0 N–H and O–H groups in total. The second kappa shape index (κ2) is 8.35. The minimum Gasteiger partial charge on any atom is -0.273 e. The fourth-order valence-electron chi connectivity index (χ4n) is 4.52. The van der Waals surface area contributed by atoms with Crippen molar-refractivity contribution < 1.29 is 23.7 Å². The molecular weight excluding hydrogens is 441 g/mol. The number of hydrogen-bond donors (Lipinski definition) is 0. The molecule has 9 heteroatoms. The number of carbonyl (C=O) groups is 2. The number of anilines is 2. The molecule has 0 aromatic heterocycles. The van der Waals surface area contributed by atoms with E-state index in [2.05, 4.69) is 0 Å². The number of halogens is 1. The molecule has 0 bridgehead atoms. The highest BCUT2D eigenvalue weighted by Gasteiger charge is 2.60. The fourth-order valence-corrected chi connectivity index (χ4v) is 4.52. The lowest BCUT2D eigenvalue weighted by molar-refractivity contribution is -0.384. The average molecular weight is 461 g/mol. The summed E-state index contributed by atoms with van der Waals surface area (Å²) in [5.41, 5.74) is 2.32. The Labute approximate surface area is 194 Å². The number of non-ortho nitro benzene ring substituents is 1. The van der Waals surface area contributed by atoms with Gasteiger partial charge in [0.15, 0.2) is 6.10 Å². The highest BCUT2D eigenvalue weighted by Crippen LogP contribution is 2.48. The summed E-state index contributed by atoms with van der Waals surface area (Å²) in [6.45, 7) is 2.03. The second-order valence-electron chi connectivity index (χ2n) is 8.18. The maximum atomic E-state index is 13.5. The Morgan fingerprint density at radius 2 is 1.68 bits per heavy atom. The van der Waals surface area contributed by atoms with Crippen LogP contribution in [0.4, 0.5) is 21.5 Å². The first-order valence-corrected chi connectivity index (χ1v) is 10.8. The van der Waals surface area contributed by atoms with E-state index in [9.17, 15) is 24.1 Å². The van der Waals surface area contributed by atoms with Crippen LogP contribution >= 0.6 is 0 Å². The van der Waals surface area contributed by atoms with Crippen molar-refractivity contribution in [3.8, 4) is 0 Å². The van der Waals surface area contributed by atoms with Crippen LogP contribution in [0.2, 0.25) is 0 Å². The van der Waals surface area contributed by atoms with Crippen LogP contribution < -0.4 is 9.96 Å². The lowest BCUT2D eigenvalue weighted by atomic mass is 9.90. The van der Waals surface area contributed by atoms with Crippen LogP contribution in [-0.4, -0.2) is 22.8 Å². The Bertz CT molecular complexity index is 1280. The van der Waals surface area contributed by atoms with Crippen LogP contribution in [0.3, 0.4) is 0 Å². The third kappa shape index (κ3) is 3.50. The normalized spacial score (nSPS) is 21.8. The van der Waals surface area contributed by atoms with Gasteiger partial charge in [0.05, 0.1) is 22.3 Å². The van der Waals surface area contributed by atoms with Crippen LogP contribution in [-0.2, 0) is 20.8 Å². The molecular formula is C25H20FN3O5. The largest absolute Gasteiger partial charge is 0.273 e. The zero-order chi connectivity index (χ0) is 24.0. The Kier molecular flexibility index (Phi) is 5.33. The Balaban J connectivity index is 1.58. The molecule has 2 aliphatic heterocycles. The number of benzene rings is 3. The van der Waals surface area contributed by atoms with E-state index >= 15 is 0 Å². The smallest absolute Gasteiger partial charge is 0.271 e. The molecule has 2 aliphatic rings. The summed E-state index contributed by atoms with van der Waals surface area (Å²) in [5, 5.41) is 12.7. The molecule has 5 rings (SSSR count). The van der Waals surface area contributed by atoms with Crippen molar-refractivity contribution in [3.63, 3.8) is 0 Å². The van der Waals surface area contributed by atoms with E-state index in [-0.39, 0.29) is 11.4 Å². The third-order valence-electron chi connectivity index (χ3n) is 6.22. The zero-order valence-corrected chi connectivity index (χ0v) is 18.1. The van der Waals surface area contributed by atoms with E-state index in [0.717, 1.165) is 22.4 Å². The van der Waals surface area contributed by atoms with Gasteiger partial charge in [-0.05, 0) is 47.9 Å². The lowest BCUT2D eigenvalue weighted by Crippen LogP contribution is -2.37. The summed E-state index contributed by atoms with van der Waals surface area (Å²) in [5.74, 6) is -2.40. The fraction of sp³-hybridized carbons (Fsp3) is 0.200. The predicted molar refractivity (Wildman–Crippen MR) is 121 cm³/mol. The number of amides is 2. The molecule has 0 aliphatic carbocycles. The number of nitro benzene ring substituents is 1. The molecule has 172 valence electrons. The average Bonchev–Trinajstić information content (AvgIpc) is 3.36. The molecule has 3 aromatic carbocycles. The van der Waals surface area contributed by atoms with Gasteiger partial charge in [0.25, 0.3) is 11.6 Å². The van der Waals surface area contributed by atoms with Gasteiger partial charge in [-0.3, -0.25) is 24.5 Å². The number of hydrogen-bond acceptors (Lipinski definition) is 6. The lowest BCUT2D eigenvalue weighted by Gasteiger charge is -2.28. The molecule has 0 radical (unpaired) electrons. The van der Waals surface area contributed by atoms with Crippen molar-refractivity contribution in [2.24, 2.45) is 5.92 Å². The van der Waals surface area contributed by atoms with Crippen LogP contribution in [0.1, 0.15) is 24.1 Å². The van der Waals surface area contributed by atoms with Gasteiger partial charge in [-0.15, -0.1) is 0 Å². The van der Waals surface area contributed by atoms with E-state index in [4.69, 9.17) is 4.84 Å². The van der Waals surface area contributed by atoms with E-state index in [1.54, 1.807) is 6.07 Å². The molecule has 3 aromatic rings. The van der Waals surface area contributed by atoms with E-state index in [1.165, 1.54) is 47.5 Å². The highest BCUT2D eigenvalue weighted by molar-refractivity contribution is 6.23. The van der Waals surface area contributed by atoms with Crippen molar-refractivity contribution >= 4 is 28.9 Å². The first-order valence-electron chi connectivity index (χ1n) is 10.8. The second-order valence-corrected chi connectivity index (χ2v) is 8.18. The molecule has 3 atom stereocenters. The number of imide groups is 1. The number of rotatable bonds is 5. The summed E-state index contributed by atoms with van der Waals surface area (Å²) in [4.78, 5) is 44.6. The van der Waals surface area contributed by atoms with Gasteiger partial charge in [-0.25, -0.2) is 14.4 Å². The highest BCUT2D eigenvalue weighted by atomic mass is 19.1. The van der Waals surface area contributed by atoms with Crippen molar-refractivity contribution in [1.29, 1.82) is 0 Å². The van der Waals surface area contributed by atoms with Crippen LogP contribution in [0.25, 0.3) is 0 Å². The molecule has 8 nitrogen and oxygen atoms in total. The molecule has 0 saturated carbocycles. The number of aryl methyl sites for hydroxylation is 1. The summed E-state index contributed by atoms with van der Waals surface area (Å²) < 4.78 is 13.4. The van der Waals surface area contributed by atoms with Crippen molar-refractivity contribution in [2.75, 3.05) is 9.96 Å². The van der Waals surface area contributed by atoms with Gasteiger partial charge in [0.1, 0.15) is 11.7 Å². The third-order valence-corrected chi connectivity index (χ3v) is 6.22. The van der Waals surface area contributed by atoms with Crippen LogP contribution in [0.15, 0.2) is 72.8 Å². The Morgan fingerprint density at radius 1 is 0.971 bits per heavy atom.